The maximum Gasteiger partial charge on any atom is 0.0949 e. The Labute approximate surface area is 119 Å². The molecule has 0 saturated carbocycles. The van der Waals surface area contributed by atoms with E-state index in [9.17, 15) is 0 Å². The fraction of sp³-hybridized carbons (Fsp3) is 0.167. The van der Waals surface area contributed by atoms with E-state index in [0.717, 1.165) is 25.1 Å². The van der Waals surface area contributed by atoms with E-state index < -0.39 is 0 Å². The summed E-state index contributed by atoms with van der Waals surface area (Å²) in [7, 11) is 0. The van der Waals surface area contributed by atoms with E-state index in [0.29, 0.717) is 0 Å². The van der Waals surface area contributed by atoms with Crippen molar-refractivity contribution in [3.63, 3.8) is 0 Å². The quantitative estimate of drug-likeness (QED) is 0.685. The third kappa shape index (κ3) is 3.35. The molecule has 1 heterocycles. The molecule has 0 bridgehead atoms. The smallest absolute Gasteiger partial charge is 0.0949 e. The lowest BCUT2D eigenvalue weighted by atomic mass is 10.1. The first-order chi connectivity index (χ1) is 9.90. The molecule has 1 aromatic heterocycles. The van der Waals surface area contributed by atoms with E-state index in [1.807, 2.05) is 12.4 Å². The van der Waals surface area contributed by atoms with Gasteiger partial charge in [0.25, 0.3) is 0 Å². The van der Waals surface area contributed by atoms with E-state index in [2.05, 4.69) is 70.3 Å². The Hall–Kier alpha value is -2.35. The minimum Gasteiger partial charge on any atom is -0.337 e. The van der Waals surface area contributed by atoms with E-state index >= 15 is 0 Å². The van der Waals surface area contributed by atoms with Gasteiger partial charge in [-0.15, -0.1) is 0 Å². The van der Waals surface area contributed by atoms with Crippen LogP contribution in [0.4, 0.5) is 0 Å². The van der Waals surface area contributed by atoms with Crippen LogP contribution in [0.15, 0.2) is 73.2 Å². The topological polar surface area (TPSA) is 17.8 Å². The monoisotopic (exact) mass is 262 g/mol. The van der Waals surface area contributed by atoms with Gasteiger partial charge < -0.3 is 4.57 Å². The molecule has 0 aliphatic carbocycles. The summed E-state index contributed by atoms with van der Waals surface area (Å²) in [5.41, 5.74) is 3.80. The highest BCUT2D eigenvalue weighted by Crippen LogP contribution is 2.08. The highest BCUT2D eigenvalue weighted by molar-refractivity contribution is 5.20. The molecular weight excluding hydrogens is 244 g/mol. The molecular formula is C18H18N2. The van der Waals surface area contributed by atoms with Crippen LogP contribution in [0.1, 0.15) is 16.8 Å². The Morgan fingerprint density at radius 2 is 1.45 bits per heavy atom. The fourth-order valence-corrected chi connectivity index (χ4v) is 2.33. The summed E-state index contributed by atoms with van der Waals surface area (Å²) in [6.45, 7) is 0.978. The number of aromatic nitrogens is 2. The molecule has 2 nitrogen and oxygen atoms in total. The minimum atomic E-state index is 0.902. The summed E-state index contributed by atoms with van der Waals surface area (Å²) in [6, 6.07) is 21.0. The molecule has 0 spiro atoms. The second-order valence-corrected chi connectivity index (χ2v) is 5.00. The van der Waals surface area contributed by atoms with Crippen molar-refractivity contribution in [2.24, 2.45) is 0 Å². The van der Waals surface area contributed by atoms with Crippen LogP contribution in [-0.4, -0.2) is 9.55 Å². The molecule has 100 valence electrons. The lowest BCUT2D eigenvalue weighted by Gasteiger charge is -2.02. The molecule has 0 unspecified atom stereocenters. The Morgan fingerprint density at radius 3 is 2.15 bits per heavy atom. The minimum absolute atomic E-state index is 0.902. The van der Waals surface area contributed by atoms with E-state index in [4.69, 9.17) is 0 Å². The van der Waals surface area contributed by atoms with Gasteiger partial charge in [0.1, 0.15) is 0 Å². The van der Waals surface area contributed by atoms with Crippen molar-refractivity contribution in [3.8, 4) is 0 Å². The Balaban J connectivity index is 1.60. The highest BCUT2D eigenvalue weighted by atomic mass is 15.0. The zero-order valence-corrected chi connectivity index (χ0v) is 11.4. The van der Waals surface area contributed by atoms with E-state index in [1.165, 1.54) is 11.1 Å². The standard InChI is InChI=1S/C18H18N2/c1-3-7-16(8-4-1)11-12-20-14-18(19-15-20)13-17-9-5-2-6-10-17/h1-10,14-15H,11-13H2. The summed E-state index contributed by atoms with van der Waals surface area (Å²) in [6.07, 6.45) is 6.03. The number of imidazole rings is 1. The normalized spacial score (nSPS) is 10.6. The van der Waals surface area contributed by atoms with Gasteiger partial charge in [-0.1, -0.05) is 60.7 Å². The lowest BCUT2D eigenvalue weighted by Crippen LogP contribution is -1.98. The molecule has 3 rings (SSSR count). The van der Waals surface area contributed by atoms with Crippen LogP contribution in [0.2, 0.25) is 0 Å². The first kappa shape index (κ1) is 12.7. The van der Waals surface area contributed by atoms with Crippen LogP contribution in [0.5, 0.6) is 0 Å². The van der Waals surface area contributed by atoms with Crippen molar-refractivity contribution in [2.45, 2.75) is 19.4 Å². The second-order valence-electron chi connectivity index (χ2n) is 5.00. The molecule has 20 heavy (non-hydrogen) atoms. The van der Waals surface area contributed by atoms with E-state index in [-0.39, 0.29) is 0 Å². The lowest BCUT2D eigenvalue weighted by molar-refractivity contribution is 0.695. The zero-order chi connectivity index (χ0) is 13.6. The van der Waals surface area contributed by atoms with Crippen molar-refractivity contribution in [3.05, 3.63) is 90.0 Å². The fourth-order valence-electron chi connectivity index (χ4n) is 2.33. The highest BCUT2D eigenvalue weighted by Gasteiger charge is 2.01. The largest absolute Gasteiger partial charge is 0.337 e. The number of hydrogen-bond donors (Lipinski definition) is 0. The molecule has 0 radical (unpaired) electrons. The van der Waals surface area contributed by atoms with Crippen molar-refractivity contribution in [2.75, 3.05) is 0 Å². The van der Waals surface area contributed by atoms with Crippen LogP contribution >= 0.6 is 0 Å². The van der Waals surface area contributed by atoms with Crippen LogP contribution in [0.3, 0.4) is 0 Å². The molecule has 3 aromatic rings. The van der Waals surface area contributed by atoms with Crippen molar-refractivity contribution in [1.82, 2.24) is 9.55 Å². The average Bonchev–Trinajstić information content (AvgIpc) is 2.95. The first-order valence-corrected chi connectivity index (χ1v) is 6.99. The van der Waals surface area contributed by atoms with Gasteiger partial charge in [-0.05, 0) is 17.5 Å². The maximum atomic E-state index is 4.49. The van der Waals surface area contributed by atoms with Crippen LogP contribution in [0.25, 0.3) is 0 Å². The SMILES string of the molecule is c1ccc(CCn2cnc(Cc3ccccc3)c2)cc1. The number of benzene rings is 2. The van der Waals surface area contributed by atoms with Gasteiger partial charge in [-0.3, -0.25) is 0 Å². The number of aryl methyl sites for hydroxylation is 2. The number of hydrogen-bond acceptors (Lipinski definition) is 1. The van der Waals surface area contributed by atoms with Gasteiger partial charge in [0.05, 0.1) is 12.0 Å². The van der Waals surface area contributed by atoms with Crippen LogP contribution < -0.4 is 0 Å². The third-order valence-electron chi connectivity index (χ3n) is 3.42. The number of rotatable bonds is 5. The van der Waals surface area contributed by atoms with Gasteiger partial charge in [0.15, 0.2) is 0 Å². The maximum absolute atomic E-state index is 4.49. The third-order valence-corrected chi connectivity index (χ3v) is 3.42. The molecule has 0 saturated heterocycles. The zero-order valence-electron chi connectivity index (χ0n) is 11.4. The molecule has 0 aliphatic heterocycles. The van der Waals surface area contributed by atoms with Crippen LogP contribution in [-0.2, 0) is 19.4 Å². The van der Waals surface area contributed by atoms with Gasteiger partial charge in [-0.25, -0.2) is 4.98 Å². The molecule has 0 amide bonds. The second kappa shape index (κ2) is 6.20. The molecule has 0 fully saturated rings. The van der Waals surface area contributed by atoms with Gasteiger partial charge in [0.2, 0.25) is 0 Å². The number of nitrogens with zero attached hydrogens (tertiary/aromatic N) is 2. The molecule has 2 heteroatoms. The van der Waals surface area contributed by atoms with Gasteiger partial charge in [0, 0.05) is 19.2 Å². The molecule has 0 aliphatic rings. The summed E-state index contributed by atoms with van der Waals surface area (Å²) >= 11 is 0. The van der Waals surface area contributed by atoms with Gasteiger partial charge in [-0.2, -0.15) is 0 Å². The summed E-state index contributed by atoms with van der Waals surface area (Å²) < 4.78 is 2.17. The Bertz CT molecular complexity index is 641. The molecule has 2 aromatic carbocycles. The van der Waals surface area contributed by atoms with Crippen LogP contribution in [0, 0.1) is 0 Å². The average molecular weight is 262 g/mol. The molecule has 0 N–H and O–H groups in total. The first-order valence-electron chi connectivity index (χ1n) is 6.99. The summed E-state index contributed by atoms with van der Waals surface area (Å²) in [4.78, 5) is 4.49. The Morgan fingerprint density at radius 1 is 0.800 bits per heavy atom. The van der Waals surface area contributed by atoms with E-state index in [1.54, 1.807) is 0 Å². The molecule has 0 atom stereocenters. The predicted molar refractivity (Wildman–Crippen MR) is 81.6 cm³/mol. The summed E-state index contributed by atoms with van der Waals surface area (Å²) in [5, 5.41) is 0. The van der Waals surface area contributed by atoms with Crippen molar-refractivity contribution >= 4 is 0 Å². The van der Waals surface area contributed by atoms with Crippen molar-refractivity contribution < 1.29 is 0 Å². The van der Waals surface area contributed by atoms with Crippen molar-refractivity contribution in [1.29, 1.82) is 0 Å². The predicted octanol–water partition coefficient (Wildman–Crippen LogP) is 3.72. The summed E-state index contributed by atoms with van der Waals surface area (Å²) in [5.74, 6) is 0. The van der Waals surface area contributed by atoms with Gasteiger partial charge >= 0.3 is 0 Å². The Kier molecular flexibility index (Phi) is 3.93.